The van der Waals surface area contributed by atoms with Crippen molar-refractivity contribution in [1.82, 2.24) is 9.78 Å². The van der Waals surface area contributed by atoms with E-state index in [-0.39, 0.29) is 29.7 Å². The van der Waals surface area contributed by atoms with Gasteiger partial charge in [0.15, 0.2) is 9.84 Å². The SMILES string of the molecule is CCS(=O)(=O)CCn1nc(C(C)C)cc1SCC(=O)O. The normalized spacial score (nSPS) is 12.0. The Bertz CT molecular complexity index is 564. The molecule has 0 fully saturated rings. The Morgan fingerprint density at radius 3 is 2.65 bits per heavy atom. The molecule has 1 N–H and O–H groups in total. The van der Waals surface area contributed by atoms with E-state index in [1.807, 2.05) is 19.9 Å². The monoisotopic (exact) mass is 320 g/mol. The van der Waals surface area contributed by atoms with Gasteiger partial charge in [-0.2, -0.15) is 5.10 Å². The number of nitrogens with zero attached hydrogens (tertiary/aromatic N) is 2. The molecule has 0 aromatic carbocycles. The van der Waals surface area contributed by atoms with Crippen LogP contribution in [0.3, 0.4) is 0 Å². The molecule has 1 rings (SSSR count). The smallest absolute Gasteiger partial charge is 0.313 e. The molecule has 0 saturated heterocycles. The van der Waals surface area contributed by atoms with E-state index in [0.29, 0.717) is 5.03 Å². The van der Waals surface area contributed by atoms with Gasteiger partial charge in [0.1, 0.15) is 0 Å². The molecule has 0 aliphatic rings. The molecule has 6 nitrogen and oxygen atoms in total. The highest BCUT2D eigenvalue weighted by molar-refractivity contribution is 7.99. The highest BCUT2D eigenvalue weighted by Gasteiger charge is 2.15. The third kappa shape index (κ3) is 5.16. The summed E-state index contributed by atoms with van der Waals surface area (Å²) in [5.74, 6) is -0.644. The maximum atomic E-state index is 11.5. The summed E-state index contributed by atoms with van der Waals surface area (Å²) in [7, 11) is -3.06. The Hall–Kier alpha value is -1.02. The third-order valence-corrected chi connectivity index (χ3v) is 5.45. The van der Waals surface area contributed by atoms with Gasteiger partial charge in [0.05, 0.1) is 28.8 Å². The summed E-state index contributed by atoms with van der Waals surface area (Å²) < 4.78 is 24.7. The molecule has 0 atom stereocenters. The van der Waals surface area contributed by atoms with Crippen LogP contribution in [0.4, 0.5) is 0 Å². The zero-order valence-electron chi connectivity index (χ0n) is 11.9. The molecular formula is C12H20N2O4S2. The van der Waals surface area contributed by atoms with Crippen LogP contribution in [0.2, 0.25) is 0 Å². The standard InChI is InChI=1S/C12H20N2O4S2/c1-4-20(17,18)6-5-14-11(19-8-12(15)16)7-10(13-14)9(2)3/h7,9H,4-6,8H2,1-3H3,(H,15,16). The van der Waals surface area contributed by atoms with Gasteiger partial charge in [-0.25, -0.2) is 8.42 Å². The van der Waals surface area contributed by atoms with E-state index in [0.717, 1.165) is 17.5 Å². The lowest BCUT2D eigenvalue weighted by Gasteiger charge is -2.06. The first-order chi connectivity index (χ1) is 9.25. The molecule has 0 amide bonds. The molecule has 0 spiro atoms. The second-order valence-electron chi connectivity index (χ2n) is 4.70. The van der Waals surface area contributed by atoms with Crippen LogP contribution in [0.1, 0.15) is 32.4 Å². The molecule has 20 heavy (non-hydrogen) atoms. The molecule has 0 unspecified atom stereocenters. The number of hydrogen-bond donors (Lipinski definition) is 1. The van der Waals surface area contributed by atoms with Crippen molar-refractivity contribution in [1.29, 1.82) is 0 Å². The number of hydrogen-bond acceptors (Lipinski definition) is 5. The highest BCUT2D eigenvalue weighted by atomic mass is 32.2. The zero-order valence-corrected chi connectivity index (χ0v) is 13.5. The van der Waals surface area contributed by atoms with Crippen LogP contribution in [0.25, 0.3) is 0 Å². The van der Waals surface area contributed by atoms with E-state index in [2.05, 4.69) is 5.10 Å². The fourth-order valence-electron chi connectivity index (χ4n) is 1.48. The van der Waals surface area contributed by atoms with Gasteiger partial charge in [-0.1, -0.05) is 32.5 Å². The van der Waals surface area contributed by atoms with Crippen molar-refractivity contribution in [3.8, 4) is 0 Å². The Balaban J connectivity index is 2.88. The molecular weight excluding hydrogens is 300 g/mol. The van der Waals surface area contributed by atoms with E-state index in [4.69, 9.17) is 5.11 Å². The van der Waals surface area contributed by atoms with Gasteiger partial charge in [0.25, 0.3) is 0 Å². The second kappa shape index (κ2) is 7.12. The minimum absolute atomic E-state index is 0.0172. The van der Waals surface area contributed by atoms with Gasteiger partial charge in [-0.05, 0) is 12.0 Å². The van der Waals surface area contributed by atoms with E-state index in [1.54, 1.807) is 11.6 Å². The summed E-state index contributed by atoms with van der Waals surface area (Å²) in [5.41, 5.74) is 0.840. The molecule has 0 bridgehead atoms. The zero-order chi connectivity index (χ0) is 15.3. The molecule has 0 aliphatic heterocycles. The van der Waals surface area contributed by atoms with Crippen molar-refractivity contribution in [2.24, 2.45) is 0 Å². The summed E-state index contributed by atoms with van der Waals surface area (Å²) in [4.78, 5) is 10.6. The van der Waals surface area contributed by atoms with Crippen LogP contribution in [0.5, 0.6) is 0 Å². The number of rotatable bonds is 8. The van der Waals surface area contributed by atoms with E-state index >= 15 is 0 Å². The minimum Gasteiger partial charge on any atom is -0.481 e. The first-order valence-corrected chi connectivity index (χ1v) is 9.18. The first-order valence-electron chi connectivity index (χ1n) is 6.38. The van der Waals surface area contributed by atoms with Gasteiger partial charge < -0.3 is 5.11 Å². The average Bonchev–Trinajstić information content (AvgIpc) is 2.77. The lowest BCUT2D eigenvalue weighted by atomic mass is 10.1. The van der Waals surface area contributed by atoms with Gasteiger partial charge in [0.2, 0.25) is 0 Å². The lowest BCUT2D eigenvalue weighted by molar-refractivity contribution is -0.133. The summed E-state index contributed by atoms with van der Waals surface area (Å²) in [5, 5.41) is 13.8. The Morgan fingerprint density at radius 2 is 2.15 bits per heavy atom. The van der Waals surface area contributed by atoms with E-state index < -0.39 is 15.8 Å². The number of aromatic nitrogens is 2. The van der Waals surface area contributed by atoms with E-state index in [9.17, 15) is 13.2 Å². The van der Waals surface area contributed by atoms with Crippen molar-refractivity contribution in [3.63, 3.8) is 0 Å². The molecule has 8 heteroatoms. The number of carbonyl (C=O) groups is 1. The summed E-state index contributed by atoms with van der Waals surface area (Å²) in [6.45, 7) is 5.84. The molecule has 1 heterocycles. The van der Waals surface area contributed by atoms with Gasteiger partial charge >= 0.3 is 5.97 Å². The van der Waals surface area contributed by atoms with Crippen LogP contribution in [0.15, 0.2) is 11.1 Å². The fraction of sp³-hybridized carbons (Fsp3) is 0.667. The number of carboxylic acids is 1. The van der Waals surface area contributed by atoms with Crippen LogP contribution >= 0.6 is 11.8 Å². The van der Waals surface area contributed by atoms with Crippen molar-refractivity contribution in [2.45, 2.75) is 38.3 Å². The first kappa shape index (κ1) is 17.0. The number of thioether (sulfide) groups is 1. The van der Waals surface area contributed by atoms with Crippen molar-refractivity contribution in [3.05, 3.63) is 11.8 Å². The topological polar surface area (TPSA) is 89.3 Å². The maximum absolute atomic E-state index is 11.5. The lowest BCUT2D eigenvalue weighted by Crippen LogP contribution is -2.16. The minimum atomic E-state index is -3.06. The van der Waals surface area contributed by atoms with Crippen molar-refractivity contribution < 1.29 is 18.3 Å². The summed E-state index contributed by atoms with van der Waals surface area (Å²) in [6, 6.07) is 1.83. The average molecular weight is 320 g/mol. The molecule has 0 radical (unpaired) electrons. The Labute approximate surface area is 123 Å². The van der Waals surface area contributed by atoms with Gasteiger partial charge in [-0.15, -0.1) is 0 Å². The highest BCUT2D eigenvalue weighted by Crippen LogP contribution is 2.23. The van der Waals surface area contributed by atoms with Gasteiger partial charge in [0, 0.05) is 5.75 Å². The summed E-state index contributed by atoms with van der Waals surface area (Å²) >= 11 is 1.16. The predicted molar refractivity (Wildman–Crippen MR) is 79.0 cm³/mol. The van der Waals surface area contributed by atoms with Crippen LogP contribution in [-0.2, 0) is 21.2 Å². The third-order valence-electron chi connectivity index (χ3n) is 2.75. The number of sulfone groups is 1. The maximum Gasteiger partial charge on any atom is 0.313 e. The van der Waals surface area contributed by atoms with Crippen LogP contribution < -0.4 is 0 Å². The largest absolute Gasteiger partial charge is 0.481 e. The van der Waals surface area contributed by atoms with E-state index in [1.165, 1.54) is 0 Å². The number of aliphatic carboxylic acids is 1. The molecule has 0 saturated carbocycles. The van der Waals surface area contributed by atoms with Crippen LogP contribution in [-0.4, -0.2) is 46.5 Å². The second-order valence-corrected chi connectivity index (χ2v) is 8.17. The number of carboxylic acid groups (broad SMARTS) is 1. The summed E-state index contributed by atoms with van der Waals surface area (Å²) in [6.07, 6.45) is 0. The molecule has 0 aliphatic carbocycles. The van der Waals surface area contributed by atoms with Crippen LogP contribution in [0, 0.1) is 0 Å². The van der Waals surface area contributed by atoms with Crippen molar-refractivity contribution >= 4 is 27.6 Å². The Morgan fingerprint density at radius 1 is 1.50 bits per heavy atom. The Kier molecular flexibility index (Phi) is 6.07. The van der Waals surface area contributed by atoms with Crippen molar-refractivity contribution in [2.75, 3.05) is 17.3 Å². The molecule has 1 aromatic heterocycles. The predicted octanol–water partition coefficient (Wildman–Crippen LogP) is 1.62. The quantitative estimate of drug-likeness (QED) is 0.732. The molecule has 114 valence electrons. The molecule has 1 aromatic rings. The van der Waals surface area contributed by atoms with Gasteiger partial charge in [-0.3, -0.25) is 9.48 Å². The fourth-order valence-corrected chi connectivity index (χ4v) is 2.98. The number of aryl methyl sites for hydroxylation is 1.